The first kappa shape index (κ1) is 9.12. The molecule has 0 spiro atoms. The van der Waals surface area contributed by atoms with E-state index in [9.17, 15) is 4.79 Å². The Balaban J connectivity index is 2.46. The largest absolute Gasteiger partial charge is 0.476 e. The molecule has 0 unspecified atom stereocenters. The van der Waals surface area contributed by atoms with Crippen molar-refractivity contribution in [1.29, 1.82) is 0 Å². The number of ether oxygens (including phenoxy) is 1. The van der Waals surface area contributed by atoms with Crippen LogP contribution in [0.2, 0.25) is 0 Å². The standard InChI is InChI=1S/C10H12BNO2/c1-10(2)9(13)12-7-4-3-6(11)5-8(7)14-10/h3-5H,11H2,1-2H3,(H,12,13). The van der Waals surface area contributed by atoms with Gasteiger partial charge < -0.3 is 10.1 Å². The molecular weight excluding hydrogens is 177 g/mol. The highest BCUT2D eigenvalue weighted by Gasteiger charge is 2.35. The van der Waals surface area contributed by atoms with Crippen molar-refractivity contribution in [3.63, 3.8) is 0 Å². The average molecular weight is 189 g/mol. The molecule has 14 heavy (non-hydrogen) atoms. The van der Waals surface area contributed by atoms with Crippen LogP contribution in [-0.2, 0) is 4.79 Å². The number of benzene rings is 1. The third kappa shape index (κ3) is 1.37. The average Bonchev–Trinajstić information content (AvgIpc) is 2.07. The summed E-state index contributed by atoms with van der Waals surface area (Å²) < 4.78 is 5.60. The monoisotopic (exact) mass is 189 g/mol. The van der Waals surface area contributed by atoms with Gasteiger partial charge in [-0.2, -0.15) is 0 Å². The fourth-order valence-corrected chi connectivity index (χ4v) is 1.41. The second-order valence-electron chi connectivity index (χ2n) is 4.07. The van der Waals surface area contributed by atoms with Gasteiger partial charge in [0.05, 0.1) is 5.69 Å². The predicted octanol–water partition coefficient (Wildman–Crippen LogP) is 0.0545. The lowest BCUT2D eigenvalue weighted by Crippen LogP contribution is -2.45. The smallest absolute Gasteiger partial charge is 0.268 e. The molecule has 0 bridgehead atoms. The maximum atomic E-state index is 11.5. The molecule has 0 aliphatic carbocycles. The van der Waals surface area contributed by atoms with Crippen molar-refractivity contribution in [1.82, 2.24) is 0 Å². The van der Waals surface area contributed by atoms with Crippen LogP contribution < -0.4 is 15.5 Å². The predicted molar refractivity (Wildman–Crippen MR) is 58.0 cm³/mol. The Morgan fingerprint density at radius 1 is 1.43 bits per heavy atom. The molecule has 0 saturated carbocycles. The number of rotatable bonds is 0. The molecule has 1 aromatic carbocycles. The summed E-state index contributed by atoms with van der Waals surface area (Å²) in [5.74, 6) is 0.642. The van der Waals surface area contributed by atoms with E-state index in [0.717, 1.165) is 16.9 Å². The summed E-state index contributed by atoms with van der Waals surface area (Å²) in [6.07, 6.45) is 0. The zero-order valence-electron chi connectivity index (χ0n) is 8.55. The zero-order valence-corrected chi connectivity index (χ0v) is 8.55. The Bertz CT molecular complexity index is 401. The fraction of sp³-hybridized carbons (Fsp3) is 0.300. The molecule has 1 heterocycles. The van der Waals surface area contributed by atoms with Gasteiger partial charge in [0.2, 0.25) is 0 Å². The van der Waals surface area contributed by atoms with E-state index < -0.39 is 5.60 Å². The minimum Gasteiger partial charge on any atom is -0.476 e. The second-order valence-corrected chi connectivity index (χ2v) is 4.07. The highest BCUT2D eigenvalue weighted by molar-refractivity contribution is 6.32. The highest BCUT2D eigenvalue weighted by Crippen LogP contribution is 2.31. The van der Waals surface area contributed by atoms with Crippen molar-refractivity contribution < 1.29 is 9.53 Å². The lowest BCUT2D eigenvalue weighted by atomic mass is 9.95. The van der Waals surface area contributed by atoms with Crippen LogP contribution in [0.1, 0.15) is 13.8 Å². The summed E-state index contributed by atoms with van der Waals surface area (Å²) >= 11 is 0. The van der Waals surface area contributed by atoms with E-state index in [1.807, 2.05) is 26.0 Å². The molecule has 3 nitrogen and oxygen atoms in total. The molecule has 1 aliphatic heterocycles. The molecule has 4 heteroatoms. The molecule has 1 aliphatic rings. The lowest BCUT2D eigenvalue weighted by Gasteiger charge is -2.31. The van der Waals surface area contributed by atoms with Gasteiger partial charge in [0.1, 0.15) is 13.6 Å². The van der Waals surface area contributed by atoms with Crippen LogP contribution >= 0.6 is 0 Å². The van der Waals surface area contributed by atoms with E-state index in [0.29, 0.717) is 0 Å². The number of hydrogen-bond donors (Lipinski definition) is 1. The number of carbonyl (C=O) groups excluding carboxylic acids is 1. The molecule has 1 N–H and O–H groups in total. The fourth-order valence-electron chi connectivity index (χ4n) is 1.41. The number of anilines is 1. The van der Waals surface area contributed by atoms with Gasteiger partial charge in [-0.3, -0.25) is 4.79 Å². The molecule has 0 radical (unpaired) electrons. The molecule has 72 valence electrons. The van der Waals surface area contributed by atoms with E-state index >= 15 is 0 Å². The van der Waals surface area contributed by atoms with E-state index in [2.05, 4.69) is 5.32 Å². The van der Waals surface area contributed by atoms with Gasteiger partial charge in [-0.25, -0.2) is 0 Å². The van der Waals surface area contributed by atoms with Crippen molar-refractivity contribution in [3.05, 3.63) is 18.2 Å². The van der Waals surface area contributed by atoms with Crippen molar-refractivity contribution in [2.24, 2.45) is 0 Å². The number of carbonyl (C=O) groups is 1. The third-order valence-electron chi connectivity index (χ3n) is 2.30. The first-order chi connectivity index (χ1) is 6.49. The minimum absolute atomic E-state index is 0.103. The van der Waals surface area contributed by atoms with Crippen molar-refractivity contribution in [2.75, 3.05) is 5.32 Å². The quantitative estimate of drug-likeness (QED) is 0.585. The number of hydrogen-bond acceptors (Lipinski definition) is 2. The Hall–Kier alpha value is -1.45. The van der Waals surface area contributed by atoms with Crippen LogP contribution in [0, 0.1) is 0 Å². The Labute approximate surface area is 83.9 Å². The molecule has 0 aromatic heterocycles. The number of amides is 1. The summed E-state index contributed by atoms with van der Waals surface area (Å²) in [5.41, 5.74) is 1.09. The highest BCUT2D eigenvalue weighted by atomic mass is 16.5. The minimum atomic E-state index is -0.777. The normalized spacial score (nSPS) is 18.0. The lowest BCUT2D eigenvalue weighted by molar-refractivity contribution is -0.129. The van der Waals surface area contributed by atoms with Crippen molar-refractivity contribution >= 4 is 24.9 Å². The first-order valence-electron chi connectivity index (χ1n) is 4.60. The summed E-state index contributed by atoms with van der Waals surface area (Å²) in [4.78, 5) is 11.5. The van der Waals surface area contributed by atoms with E-state index in [1.54, 1.807) is 13.8 Å². The Morgan fingerprint density at radius 3 is 2.86 bits per heavy atom. The van der Waals surface area contributed by atoms with Crippen LogP contribution in [-0.4, -0.2) is 19.4 Å². The van der Waals surface area contributed by atoms with E-state index in [-0.39, 0.29) is 5.91 Å². The van der Waals surface area contributed by atoms with Crippen LogP contribution in [0.15, 0.2) is 18.2 Å². The number of fused-ring (bicyclic) bond motifs is 1. The summed E-state index contributed by atoms with van der Waals surface area (Å²) in [6, 6.07) is 5.73. The van der Waals surface area contributed by atoms with E-state index in [4.69, 9.17) is 4.74 Å². The molecule has 0 atom stereocenters. The van der Waals surface area contributed by atoms with Crippen LogP contribution in [0.5, 0.6) is 5.75 Å². The topological polar surface area (TPSA) is 38.3 Å². The molecule has 0 fully saturated rings. The first-order valence-corrected chi connectivity index (χ1v) is 4.60. The summed E-state index contributed by atoms with van der Waals surface area (Å²) in [5, 5.41) is 2.81. The maximum absolute atomic E-state index is 11.5. The molecular formula is C10H12BNO2. The van der Waals surface area contributed by atoms with Crippen LogP contribution in [0.4, 0.5) is 5.69 Å². The van der Waals surface area contributed by atoms with Gasteiger partial charge >= 0.3 is 0 Å². The van der Waals surface area contributed by atoms with Crippen LogP contribution in [0.3, 0.4) is 0 Å². The SMILES string of the molecule is Bc1ccc2c(c1)OC(C)(C)C(=O)N2. The van der Waals surface area contributed by atoms with Gasteiger partial charge in [-0.05, 0) is 26.0 Å². The van der Waals surface area contributed by atoms with Crippen LogP contribution in [0.25, 0.3) is 0 Å². The van der Waals surface area contributed by atoms with Gasteiger partial charge in [0.25, 0.3) is 5.91 Å². The Morgan fingerprint density at radius 2 is 2.14 bits per heavy atom. The summed E-state index contributed by atoms with van der Waals surface area (Å²) in [6.45, 7) is 3.52. The van der Waals surface area contributed by atoms with Gasteiger partial charge in [0.15, 0.2) is 5.60 Å². The number of nitrogens with one attached hydrogen (secondary N) is 1. The van der Waals surface area contributed by atoms with Gasteiger partial charge in [-0.15, -0.1) is 0 Å². The summed E-state index contributed by atoms with van der Waals surface area (Å²) in [7, 11) is 1.99. The zero-order chi connectivity index (χ0) is 10.3. The van der Waals surface area contributed by atoms with Gasteiger partial charge in [-0.1, -0.05) is 11.5 Å². The van der Waals surface area contributed by atoms with Crippen molar-refractivity contribution in [2.45, 2.75) is 19.4 Å². The third-order valence-corrected chi connectivity index (χ3v) is 2.30. The second kappa shape index (κ2) is 2.77. The van der Waals surface area contributed by atoms with E-state index in [1.165, 1.54) is 0 Å². The molecule has 0 saturated heterocycles. The Kier molecular flexibility index (Phi) is 1.81. The molecule has 1 amide bonds. The van der Waals surface area contributed by atoms with Gasteiger partial charge in [0, 0.05) is 0 Å². The molecule has 2 rings (SSSR count). The van der Waals surface area contributed by atoms with Crippen molar-refractivity contribution in [3.8, 4) is 5.75 Å². The maximum Gasteiger partial charge on any atom is 0.268 e. The molecule has 1 aromatic rings.